The van der Waals surface area contributed by atoms with Crippen LogP contribution in [-0.2, 0) is 0 Å². The van der Waals surface area contributed by atoms with Gasteiger partial charge in [0.25, 0.3) is 5.91 Å². The maximum atomic E-state index is 13.4. The van der Waals surface area contributed by atoms with Crippen LogP contribution in [0.4, 0.5) is 20.2 Å². The number of alkyl halides is 2. The second-order valence-corrected chi connectivity index (χ2v) is 12.1. The zero-order valence-electron chi connectivity index (χ0n) is 21.7. The van der Waals surface area contributed by atoms with Gasteiger partial charge in [0.2, 0.25) is 6.43 Å². The Kier molecular flexibility index (Phi) is 5.87. The lowest BCUT2D eigenvalue weighted by Gasteiger charge is -2.63. The largest absolute Gasteiger partial charge is 0.390 e. The van der Waals surface area contributed by atoms with Crippen molar-refractivity contribution in [3.8, 4) is 11.3 Å². The van der Waals surface area contributed by atoms with Gasteiger partial charge < -0.3 is 15.3 Å². The second-order valence-electron chi connectivity index (χ2n) is 11.7. The molecule has 0 bridgehead atoms. The fourth-order valence-corrected chi connectivity index (χ4v) is 6.66. The van der Waals surface area contributed by atoms with E-state index in [4.69, 9.17) is 11.6 Å². The highest BCUT2D eigenvalue weighted by Crippen LogP contribution is 2.56. The number of anilines is 2. The van der Waals surface area contributed by atoms with Gasteiger partial charge in [0.15, 0.2) is 0 Å². The monoisotopic (exact) mass is 563 g/mol. The summed E-state index contributed by atoms with van der Waals surface area (Å²) in [4.78, 5) is 20.1. The number of benzene rings is 1. The zero-order chi connectivity index (χ0) is 27.6. The minimum absolute atomic E-state index is 0.120. The van der Waals surface area contributed by atoms with Crippen molar-refractivity contribution in [2.75, 3.05) is 23.3 Å². The predicted octanol–water partition coefficient (Wildman–Crippen LogP) is 6.17. The summed E-state index contributed by atoms with van der Waals surface area (Å²) >= 11 is 6.45. The highest BCUT2D eigenvalue weighted by molar-refractivity contribution is 6.34. The van der Waals surface area contributed by atoms with Gasteiger partial charge in [0.05, 0.1) is 39.3 Å². The van der Waals surface area contributed by atoms with Gasteiger partial charge in [-0.05, 0) is 67.5 Å². The van der Waals surface area contributed by atoms with E-state index in [1.165, 1.54) is 24.6 Å². The molecule has 7 rings (SSSR count). The number of rotatable bonds is 7. The first-order valence-electron chi connectivity index (χ1n) is 13.5. The lowest BCUT2D eigenvalue weighted by Crippen LogP contribution is -2.68. The Labute approximate surface area is 234 Å². The molecule has 3 aromatic heterocycles. The predicted molar refractivity (Wildman–Crippen MR) is 149 cm³/mol. The third-order valence-corrected chi connectivity index (χ3v) is 8.78. The number of aliphatic hydroxyl groups is 1. The number of hydrogen-bond acceptors (Lipinski definition) is 5. The summed E-state index contributed by atoms with van der Waals surface area (Å²) in [6.45, 7) is 1.37. The first-order valence-corrected chi connectivity index (χ1v) is 13.9. The number of pyridine rings is 2. The number of amides is 1. The van der Waals surface area contributed by atoms with Crippen LogP contribution in [0.15, 0.2) is 61.1 Å². The Bertz CT molecular complexity index is 1600. The van der Waals surface area contributed by atoms with Crippen LogP contribution in [0.1, 0.15) is 53.9 Å². The van der Waals surface area contributed by atoms with E-state index in [2.05, 4.69) is 26.4 Å². The van der Waals surface area contributed by atoms with Crippen LogP contribution < -0.4 is 10.2 Å². The van der Waals surface area contributed by atoms with Crippen molar-refractivity contribution in [2.45, 2.75) is 50.0 Å². The van der Waals surface area contributed by atoms with E-state index in [9.17, 15) is 18.7 Å². The molecule has 10 heteroatoms. The fourth-order valence-electron chi connectivity index (χ4n) is 6.49. The quantitative estimate of drug-likeness (QED) is 0.281. The molecule has 4 aromatic rings. The van der Waals surface area contributed by atoms with Gasteiger partial charge in [-0.25, -0.2) is 13.3 Å². The Hall–Kier alpha value is -3.56. The molecule has 0 unspecified atom stereocenters. The number of nitrogens with one attached hydrogen (secondary N) is 1. The van der Waals surface area contributed by atoms with Gasteiger partial charge in [-0.3, -0.25) is 9.78 Å². The van der Waals surface area contributed by atoms with Crippen LogP contribution in [0, 0.1) is 5.41 Å². The van der Waals surface area contributed by atoms with Gasteiger partial charge in [0, 0.05) is 48.6 Å². The minimum Gasteiger partial charge on any atom is -0.390 e. The van der Waals surface area contributed by atoms with Crippen molar-refractivity contribution < 1.29 is 18.7 Å². The molecule has 1 aromatic carbocycles. The van der Waals surface area contributed by atoms with E-state index < -0.39 is 18.4 Å². The Morgan fingerprint density at radius 3 is 2.62 bits per heavy atom. The third kappa shape index (κ3) is 4.61. The van der Waals surface area contributed by atoms with Gasteiger partial charge in [-0.2, -0.15) is 5.10 Å². The van der Waals surface area contributed by atoms with Crippen LogP contribution in [-0.4, -0.2) is 50.7 Å². The number of carbonyl (C=O) groups excluding carboxylic acids is 1. The lowest BCUT2D eigenvalue weighted by atomic mass is 9.54. The summed E-state index contributed by atoms with van der Waals surface area (Å²) in [5.41, 5.74) is 3.99. The Morgan fingerprint density at radius 2 is 1.93 bits per heavy atom. The molecule has 1 spiro atoms. The molecular formula is C30H28ClF2N5O2. The van der Waals surface area contributed by atoms with E-state index in [0.29, 0.717) is 53.6 Å². The topological polar surface area (TPSA) is 82.8 Å². The normalized spacial score (nSPS) is 19.1. The molecule has 1 amide bonds. The summed E-state index contributed by atoms with van der Waals surface area (Å²) in [6.07, 6.45) is 5.50. The summed E-state index contributed by atoms with van der Waals surface area (Å²) < 4.78 is 27.2. The Morgan fingerprint density at radius 1 is 1.12 bits per heavy atom. The van der Waals surface area contributed by atoms with Crippen LogP contribution in [0.2, 0.25) is 5.02 Å². The molecule has 7 nitrogen and oxygen atoms in total. The van der Waals surface area contributed by atoms with Crippen molar-refractivity contribution >= 4 is 34.4 Å². The molecule has 0 atom stereocenters. The standard InChI is InChI=1S/C30H28ClF2N5O2/c31-23-5-3-19(24-6-4-20(12-34-24)18-1-2-18)9-25(23)36-28(39)22-13-35-38-8-7-21(10-26(22)38)37-16-29(17-37)14-30(40,15-29)11-27(32)33/h3-10,12-13,18,27,40H,1-2,11,14-17H2,(H,36,39). The Balaban J connectivity index is 1.07. The van der Waals surface area contributed by atoms with Crippen LogP contribution >= 0.6 is 11.6 Å². The van der Waals surface area contributed by atoms with Gasteiger partial charge in [0.1, 0.15) is 0 Å². The highest BCUT2D eigenvalue weighted by atomic mass is 35.5. The van der Waals surface area contributed by atoms with E-state index >= 15 is 0 Å². The highest BCUT2D eigenvalue weighted by Gasteiger charge is 2.60. The first-order chi connectivity index (χ1) is 19.2. The summed E-state index contributed by atoms with van der Waals surface area (Å²) in [5, 5.41) is 18.0. The maximum absolute atomic E-state index is 13.4. The van der Waals surface area contributed by atoms with Crippen molar-refractivity contribution in [3.63, 3.8) is 0 Å². The second kappa shape index (κ2) is 9.24. The number of aromatic nitrogens is 3. The SMILES string of the molecule is O=C(Nc1cc(-c2ccc(C3CC3)cn2)ccc1Cl)c1cnn2ccc(N3CC4(C3)CC(O)(CC(F)F)C4)cc12. The summed E-state index contributed by atoms with van der Waals surface area (Å²) in [6, 6.07) is 13.4. The molecule has 4 heterocycles. The molecule has 1 aliphatic heterocycles. The molecule has 2 saturated carbocycles. The average Bonchev–Trinajstić information content (AvgIpc) is 3.65. The lowest BCUT2D eigenvalue weighted by molar-refractivity contribution is -0.161. The molecule has 2 aliphatic carbocycles. The first kappa shape index (κ1) is 25.4. The molecule has 3 fully saturated rings. The number of halogens is 3. The van der Waals surface area contributed by atoms with E-state index in [1.807, 2.05) is 36.5 Å². The van der Waals surface area contributed by atoms with E-state index in [0.717, 1.165) is 16.9 Å². The summed E-state index contributed by atoms with van der Waals surface area (Å²) in [7, 11) is 0. The van der Waals surface area contributed by atoms with Gasteiger partial charge >= 0.3 is 0 Å². The van der Waals surface area contributed by atoms with Crippen LogP contribution in [0.5, 0.6) is 0 Å². The van der Waals surface area contributed by atoms with E-state index in [-0.39, 0.29) is 11.3 Å². The molecule has 1 saturated heterocycles. The molecule has 40 heavy (non-hydrogen) atoms. The molecule has 0 radical (unpaired) electrons. The van der Waals surface area contributed by atoms with E-state index in [1.54, 1.807) is 16.8 Å². The van der Waals surface area contributed by atoms with Crippen LogP contribution in [0.25, 0.3) is 16.8 Å². The minimum atomic E-state index is -2.50. The third-order valence-electron chi connectivity index (χ3n) is 8.46. The van der Waals surface area contributed by atoms with Crippen LogP contribution in [0.3, 0.4) is 0 Å². The summed E-state index contributed by atoms with van der Waals surface area (Å²) in [5.74, 6) is 0.297. The average molecular weight is 564 g/mol. The van der Waals surface area contributed by atoms with Crippen molar-refractivity contribution in [2.24, 2.45) is 5.41 Å². The van der Waals surface area contributed by atoms with Crippen molar-refractivity contribution in [3.05, 3.63) is 77.2 Å². The zero-order valence-corrected chi connectivity index (χ0v) is 22.4. The smallest absolute Gasteiger partial charge is 0.259 e. The van der Waals surface area contributed by atoms with Gasteiger partial charge in [-0.1, -0.05) is 23.7 Å². The number of nitrogens with zero attached hydrogens (tertiary/aromatic N) is 4. The van der Waals surface area contributed by atoms with Gasteiger partial charge in [-0.15, -0.1) is 0 Å². The molecule has 3 aliphatic rings. The molecular weight excluding hydrogens is 536 g/mol. The number of carbonyl (C=O) groups is 1. The maximum Gasteiger partial charge on any atom is 0.259 e. The molecule has 2 N–H and O–H groups in total. The van der Waals surface area contributed by atoms with Crippen molar-refractivity contribution in [1.82, 2.24) is 14.6 Å². The number of hydrogen-bond donors (Lipinski definition) is 2. The fraction of sp³-hybridized carbons (Fsp3) is 0.367. The molecule has 206 valence electrons. The number of fused-ring (bicyclic) bond motifs is 1. The van der Waals surface area contributed by atoms with Crippen molar-refractivity contribution in [1.29, 1.82) is 0 Å².